The van der Waals surface area contributed by atoms with E-state index in [9.17, 15) is 14.4 Å². The van der Waals surface area contributed by atoms with E-state index >= 15 is 0 Å². The lowest BCUT2D eigenvalue weighted by Gasteiger charge is -2.25. The summed E-state index contributed by atoms with van der Waals surface area (Å²) in [5.74, 6) is 0.300. The average Bonchev–Trinajstić information content (AvgIpc) is 3.17. The van der Waals surface area contributed by atoms with Crippen LogP contribution in [0.4, 0.5) is 5.69 Å². The number of amides is 1. The van der Waals surface area contributed by atoms with Crippen LogP contribution in [0.1, 0.15) is 37.9 Å². The number of benzene rings is 2. The first-order valence-corrected chi connectivity index (χ1v) is 12.4. The van der Waals surface area contributed by atoms with Crippen LogP contribution in [-0.2, 0) is 14.3 Å². The van der Waals surface area contributed by atoms with Gasteiger partial charge >= 0.3 is 5.97 Å². The zero-order valence-electron chi connectivity index (χ0n) is 21.2. The molecule has 4 rings (SSSR count). The maximum atomic E-state index is 13.7. The van der Waals surface area contributed by atoms with Gasteiger partial charge in [0.15, 0.2) is 16.3 Å². The number of esters is 1. The molecule has 192 valence electrons. The van der Waals surface area contributed by atoms with Crippen LogP contribution in [-0.4, -0.2) is 37.3 Å². The number of nitrogens with zero attached hydrogens (tertiary/aromatic N) is 2. The van der Waals surface area contributed by atoms with Crippen molar-refractivity contribution < 1.29 is 23.8 Å². The van der Waals surface area contributed by atoms with Crippen LogP contribution in [0, 0.1) is 0 Å². The number of fused-ring (bicyclic) bond motifs is 1. The molecular weight excluding hydrogens is 494 g/mol. The van der Waals surface area contributed by atoms with Crippen LogP contribution in [0.2, 0.25) is 0 Å². The molecule has 1 aromatic heterocycles. The predicted molar refractivity (Wildman–Crippen MR) is 141 cm³/mol. The molecule has 0 fully saturated rings. The van der Waals surface area contributed by atoms with Crippen LogP contribution in [0.3, 0.4) is 0 Å². The molecule has 10 heteroatoms. The number of ether oxygens (including phenoxy) is 3. The second-order valence-corrected chi connectivity index (χ2v) is 9.23. The summed E-state index contributed by atoms with van der Waals surface area (Å²) in [6.45, 7) is 5.09. The van der Waals surface area contributed by atoms with Crippen LogP contribution in [0.25, 0.3) is 6.08 Å². The molecule has 0 saturated carbocycles. The summed E-state index contributed by atoms with van der Waals surface area (Å²) >= 11 is 1.23. The second kappa shape index (κ2) is 10.8. The van der Waals surface area contributed by atoms with Crippen molar-refractivity contribution in [1.82, 2.24) is 4.57 Å². The quantitative estimate of drug-likeness (QED) is 0.479. The Morgan fingerprint density at radius 3 is 2.43 bits per heavy atom. The minimum Gasteiger partial charge on any atom is -0.493 e. The fraction of sp³-hybridized carbons (Fsp3) is 0.259. The molecule has 0 radical (unpaired) electrons. The molecule has 2 heterocycles. The fourth-order valence-corrected chi connectivity index (χ4v) is 5.19. The van der Waals surface area contributed by atoms with Crippen LogP contribution < -0.4 is 29.7 Å². The van der Waals surface area contributed by atoms with Gasteiger partial charge in [-0.2, -0.15) is 0 Å². The highest BCUT2D eigenvalue weighted by molar-refractivity contribution is 7.07. The van der Waals surface area contributed by atoms with Gasteiger partial charge in [-0.15, -0.1) is 0 Å². The Balaban J connectivity index is 1.89. The van der Waals surface area contributed by atoms with Crippen molar-refractivity contribution in [2.24, 2.45) is 4.99 Å². The Labute approximate surface area is 217 Å². The Kier molecular flexibility index (Phi) is 7.58. The third-order valence-corrected chi connectivity index (χ3v) is 6.75. The summed E-state index contributed by atoms with van der Waals surface area (Å²) < 4.78 is 18.1. The van der Waals surface area contributed by atoms with E-state index in [1.165, 1.54) is 37.0 Å². The topological polar surface area (TPSA) is 108 Å². The van der Waals surface area contributed by atoms with Gasteiger partial charge in [-0.25, -0.2) is 9.79 Å². The molecule has 1 aliphatic heterocycles. The average molecular weight is 522 g/mol. The molecule has 0 aliphatic carbocycles. The number of hydrogen-bond acceptors (Lipinski definition) is 8. The van der Waals surface area contributed by atoms with Gasteiger partial charge in [-0.3, -0.25) is 14.2 Å². The van der Waals surface area contributed by atoms with Gasteiger partial charge in [-0.05, 0) is 55.3 Å². The van der Waals surface area contributed by atoms with E-state index in [1.807, 2.05) is 12.1 Å². The van der Waals surface area contributed by atoms with E-state index in [0.717, 1.165) is 5.56 Å². The SMILES string of the molecule is CCOC(=O)C1=C(C)N=c2sc(=Cc3ccc(NC(C)=O)cc3)c(=O)n2C1c1ccc(OC)c(OC)c1. The summed E-state index contributed by atoms with van der Waals surface area (Å²) in [6, 6.07) is 11.7. The van der Waals surface area contributed by atoms with E-state index in [-0.39, 0.29) is 23.6 Å². The van der Waals surface area contributed by atoms with Gasteiger partial charge < -0.3 is 19.5 Å². The number of carbonyl (C=O) groups excluding carboxylic acids is 2. The highest BCUT2D eigenvalue weighted by Gasteiger charge is 2.33. The molecule has 2 aromatic carbocycles. The number of anilines is 1. The number of allylic oxidation sites excluding steroid dienone is 1. The van der Waals surface area contributed by atoms with Crippen molar-refractivity contribution >= 4 is 35.0 Å². The van der Waals surface area contributed by atoms with Gasteiger partial charge in [0.05, 0.1) is 42.7 Å². The zero-order valence-corrected chi connectivity index (χ0v) is 22.0. The number of carbonyl (C=O) groups is 2. The van der Waals surface area contributed by atoms with Gasteiger partial charge in [0.2, 0.25) is 5.91 Å². The summed E-state index contributed by atoms with van der Waals surface area (Å²) in [7, 11) is 3.06. The summed E-state index contributed by atoms with van der Waals surface area (Å²) in [5.41, 5.74) is 2.57. The fourth-order valence-electron chi connectivity index (χ4n) is 4.15. The largest absolute Gasteiger partial charge is 0.493 e. The summed E-state index contributed by atoms with van der Waals surface area (Å²) in [5, 5.41) is 2.72. The van der Waals surface area contributed by atoms with Gasteiger partial charge in [-0.1, -0.05) is 29.5 Å². The molecular formula is C27H27N3O6S. The Hall–Kier alpha value is -4.18. The lowest BCUT2D eigenvalue weighted by molar-refractivity contribution is -0.139. The van der Waals surface area contributed by atoms with Crippen molar-refractivity contribution in [3.05, 3.63) is 84.5 Å². The maximum Gasteiger partial charge on any atom is 0.338 e. The molecule has 0 bridgehead atoms. The molecule has 1 N–H and O–H groups in total. The molecule has 3 aromatic rings. The molecule has 9 nitrogen and oxygen atoms in total. The Morgan fingerprint density at radius 2 is 1.81 bits per heavy atom. The normalized spacial score (nSPS) is 15.1. The molecule has 0 saturated heterocycles. The van der Waals surface area contributed by atoms with Gasteiger partial charge in [0, 0.05) is 12.6 Å². The molecule has 1 aliphatic rings. The standard InChI is InChI=1S/C27H27N3O6S/c1-6-36-26(33)23-15(2)28-27-30(24(23)18-9-12-20(34-4)21(14-18)35-5)25(32)22(37-27)13-17-7-10-19(11-8-17)29-16(3)31/h7-14,24H,6H2,1-5H3,(H,29,31). The number of rotatable bonds is 7. The van der Waals surface area contributed by atoms with Crippen molar-refractivity contribution in [2.75, 3.05) is 26.1 Å². The molecule has 37 heavy (non-hydrogen) atoms. The van der Waals surface area contributed by atoms with Crippen LogP contribution in [0.5, 0.6) is 11.5 Å². The highest BCUT2D eigenvalue weighted by Crippen LogP contribution is 2.36. The molecule has 1 unspecified atom stereocenters. The minimum absolute atomic E-state index is 0.163. The monoisotopic (exact) mass is 521 g/mol. The van der Waals surface area contributed by atoms with Gasteiger partial charge in [0.25, 0.3) is 5.56 Å². The maximum absolute atomic E-state index is 13.7. The summed E-state index contributed by atoms with van der Waals surface area (Å²) in [4.78, 5) is 43.1. The first-order valence-electron chi connectivity index (χ1n) is 11.6. The zero-order chi connectivity index (χ0) is 26.7. The highest BCUT2D eigenvalue weighted by atomic mass is 32.1. The number of thiazole rings is 1. The minimum atomic E-state index is -0.764. The van der Waals surface area contributed by atoms with E-state index in [1.54, 1.807) is 50.3 Å². The first kappa shape index (κ1) is 25.9. The van der Waals surface area contributed by atoms with Crippen molar-refractivity contribution in [3.63, 3.8) is 0 Å². The van der Waals surface area contributed by atoms with Crippen LogP contribution >= 0.6 is 11.3 Å². The number of nitrogens with one attached hydrogen (secondary N) is 1. The molecule has 1 amide bonds. The van der Waals surface area contributed by atoms with Crippen LogP contribution in [0.15, 0.2) is 63.5 Å². The molecule has 0 spiro atoms. The number of aromatic nitrogens is 1. The summed E-state index contributed by atoms with van der Waals surface area (Å²) in [6.07, 6.45) is 1.76. The van der Waals surface area contributed by atoms with E-state index in [2.05, 4.69) is 10.3 Å². The lowest BCUT2D eigenvalue weighted by atomic mass is 9.95. The third kappa shape index (κ3) is 5.19. The second-order valence-electron chi connectivity index (χ2n) is 8.22. The van der Waals surface area contributed by atoms with E-state index < -0.39 is 12.0 Å². The van der Waals surface area contributed by atoms with Crippen molar-refractivity contribution in [1.29, 1.82) is 0 Å². The first-order chi connectivity index (χ1) is 17.8. The Morgan fingerprint density at radius 1 is 1.11 bits per heavy atom. The third-order valence-electron chi connectivity index (χ3n) is 5.77. The predicted octanol–water partition coefficient (Wildman–Crippen LogP) is 2.77. The Bertz CT molecular complexity index is 1570. The lowest BCUT2D eigenvalue weighted by Crippen LogP contribution is -2.39. The number of methoxy groups -OCH3 is 2. The van der Waals surface area contributed by atoms with Crippen molar-refractivity contribution in [2.45, 2.75) is 26.8 Å². The molecule has 1 atom stereocenters. The van der Waals surface area contributed by atoms with E-state index in [4.69, 9.17) is 14.2 Å². The van der Waals surface area contributed by atoms with Crippen molar-refractivity contribution in [3.8, 4) is 11.5 Å². The smallest absolute Gasteiger partial charge is 0.338 e. The van der Waals surface area contributed by atoms with Gasteiger partial charge in [0.1, 0.15) is 0 Å². The van der Waals surface area contributed by atoms with E-state index in [0.29, 0.717) is 37.8 Å². The number of hydrogen-bond donors (Lipinski definition) is 1.